The molecule has 2 fully saturated rings. The Balaban J connectivity index is 1.63. The molecule has 2 heterocycles. The fraction of sp³-hybridized carbons (Fsp3) is 0.750. The molecule has 0 aromatic heterocycles. The number of piperidine rings is 1. The Bertz CT molecular complexity index is 1280. The molecule has 2 aliphatic heterocycles. The number of ether oxygens (including phenoxy) is 4. The molecule has 3 aliphatic rings. The van der Waals surface area contributed by atoms with Crippen molar-refractivity contribution in [1.29, 1.82) is 0 Å². The number of carbonyl (C=O) groups is 3. The van der Waals surface area contributed by atoms with E-state index < -0.39 is 35.4 Å². The van der Waals surface area contributed by atoms with Crippen LogP contribution >= 0.6 is 0 Å². The molecule has 1 aromatic rings. The molecule has 12 nitrogen and oxygen atoms in total. The minimum Gasteiger partial charge on any atom is -0.476 e. The Labute approximate surface area is 286 Å². The van der Waals surface area contributed by atoms with Crippen LogP contribution in [0.4, 0.5) is 16.2 Å². The van der Waals surface area contributed by atoms with Crippen LogP contribution in [0.15, 0.2) is 18.2 Å². The van der Waals surface area contributed by atoms with Crippen LogP contribution in [0.2, 0.25) is 0 Å². The van der Waals surface area contributed by atoms with Gasteiger partial charge in [0.05, 0.1) is 23.8 Å². The van der Waals surface area contributed by atoms with Gasteiger partial charge in [0, 0.05) is 57.6 Å². The number of aliphatic hydroxyl groups excluding tert-OH is 1. The van der Waals surface area contributed by atoms with E-state index in [1.165, 1.54) is 0 Å². The van der Waals surface area contributed by atoms with Crippen molar-refractivity contribution in [3.63, 3.8) is 0 Å². The Morgan fingerprint density at radius 3 is 2.56 bits per heavy atom. The summed E-state index contributed by atoms with van der Waals surface area (Å²) in [5.41, 5.74) is -0.416. The van der Waals surface area contributed by atoms with Crippen molar-refractivity contribution in [3.8, 4) is 5.75 Å². The maximum absolute atomic E-state index is 13.8. The summed E-state index contributed by atoms with van der Waals surface area (Å²) in [6.07, 6.45) is 2.16. The molecule has 0 spiro atoms. The van der Waals surface area contributed by atoms with Gasteiger partial charge in [0.2, 0.25) is 5.91 Å². The highest BCUT2D eigenvalue weighted by Crippen LogP contribution is 2.42. The Morgan fingerprint density at radius 2 is 1.92 bits per heavy atom. The summed E-state index contributed by atoms with van der Waals surface area (Å²) in [5, 5.41) is 15.3. The second-order valence-electron chi connectivity index (χ2n) is 15.1. The molecule has 1 aliphatic carbocycles. The smallest absolute Gasteiger partial charge is 0.410 e. The van der Waals surface area contributed by atoms with Gasteiger partial charge in [-0.3, -0.25) is 9.59 Å². The fourth-order valence-electron chi connectivity index (χ4n) is 7.11. The largest absolute Gasteiger partial charge is 0.476 e. The summed E-state index contributed by atoms with van der Waals surface area (Å²) in [7, 11) is 1.63. The summed E-state index contributed by atoms with van der Waals surface area (Å²) in [5.74, 6) is -0.728. The van der Waals surface area contributed by atoms with Gasteiger partial charge in [-0.15, -0.1) is 0 Å². The van der Waals surface area contributed by atoms with Gasteiger partial charge in [0.1, 0.15) is 17.6 Å². The normalized spacial score (nSPS) is 24.6. The maximum Gasteiger partial charge on any atom is 0.410 e. The molecular weight excluding hydrogens is 616 g/mol. The summed E-state index contributed by atoms with van der Waals surface area (Å²) >= 11 is 0. The van der Waals surface area contributed by atoms with E-state index in [2.05, 4.69) is 5.32 Å². The number of carbonyl (C=O) groups excluding carboxylic acids is 3. The third kappa shape index (κ3) is 8.92. The Hall–Kier alpha value is -3.09. The van der Waals surface area contributed by atoms with Crippen LogP contribution in [0.1, 0.15) is 87.5 Å². The van der Waals surface area contributed by atoms with E-state index in [9.17, 15) is 19.5 Å². The minimum absolute atomic E-state index is 0.0261. The third-order valence-electron chi connectivity index (χ3n) is 9.32. The number of nitrogens with zero attached hydrogens (tertiary/aromatic N) is 3. The van der Waals surface area contributed by atoms with E-state index in [1.807, 2.05) is 64.6 Å². The molecule has 1 saturated carbocycles. The first-order valence-corrected chi connectivity index (χ1v) is 17.6. The zero-order chi connectivity index (χ0) is 35.4. The quantitative estimate of drug-likeness (QED) is 0.239. The second kappa shape index (κ2) is 15.6. The molecule has 1 aromatic carbocycles. The summed E-state index contributed by atoms with van der Waals surface area (Å²) in [4.78, 5) is 45.8. The number of hydrogen-bond donors (Lipinski definition) is 2. The molecule has 0 bridgehead atoms. The molecular formula is C36H58N4O8. The lowest BCUT2D eigenvalue weighted by molar-refractivity contribution is -0.132. The van der Waals surface area contributed by atoms with Gasteiger partial charge in [-0.1, -0.05) is 0 Å². The molecule has 1 saturated heterocycles. The highest BCUT2D eigenvalue weighted by Gasteiger charge is 2.44. The fourth-order valence-corrected chi connectivity index (χ4v) is 7.11. The van der Waals surface area contributed by atoms with Crippen molar-refractivity contribution in [2.45, 2.75) is 123 Å². The maximum atomic E-state index is 13.8. The van der Waals surface area contributed by atoms with E-state index in [0.717, 1.165) is 19.3 Å². The van der Waals surface area contributed by atoms with Crippen molar-refractivity contribution >= 4 is 29.3 Å². The number of hydrogen-bond acceptors (Lipinski definition) is 9. The summed E-state index contributed by atoms with van der Waals surface area (Å²) in [6, 6.07) is 5.36. The average molecular weight is 675 g/mol. The number of methoxy groups -OCH3 is 1. The van der Waals surface area contributed by atoms with E-state index in [1.54, 1.807) is 30.8 Å². The zero-order valence-corrected chi connectivity index (χ0v) is 30.4. The first-order chi connectivity index (χ1) is 22.6. The van der Waals surface area contributed by atoms with Gasteiger partial charge >= 0.3 is 6.09 Å². The van der Waals surface area contributed by atoms with Gasteiger partial charge in [-0.05, 0) is 106 Å². The number of aliphatic hydroxyl groups is 1. The van der Waals surface area contributed by atoms with Gasteiger partial charge < -0.3 is 44.1 Å². The first-order valence-electron chi connectivity index (χ1n) is 17.6. The number of anilines is 2. The van der Waals surface area contributed by atoms with Crippen molar-refractivity contribution < 1.29 is 38.4 Å². The minimum atomic E-state index is -1.05. The molecule has 4 rings (SSSR count). The number of likely N-dealkylation sites (tertiary alicyclic amines) is 1. The summed E-state index contributed by atoms with van der Waals surface area (Å²) < 4.78 is 23.0. The van der Waals surface area contributed by atoms with E-state index in [0.29, 0.717) is 49.7 Å². The number of nitrogens with one attached hydrogen (secondary N) is 1. The molecule has 12 heteroatoms. The lowest BCUT2D eigenvalue weighted by atomic mass is 9.86. The van der Waals surface area contributed by atoms with Crippen LogP contribution in [0.3, 0.4) is 0 Å². The van der Waals surface area contributed by atoms with Gasteiger partial charge in [-0.2, -0.15) is 0 Å². The average Bonchev–Trinajstić information content (AvgIpc) is 3.44. The lowest BCUT2D eigenvalue weighted by Crippen LogP contribution is -2.57. The predicted octanol–water partition coefficient (Wildman–Crippen LogP) is 4.71. The van der Waals surface area contributed by atoms with Crippen molar-refractivity contribution in [1.82, 2.24) is 10.2 Å². The molecule has 48 heavy (non-hydrogen) atoms. The molecule has 0 radical (unpaired) electrons. The van der Waals surface area contributed by atoms with Crippen molar-refractivity contribution in [3.05, 3.63) is 18.2 Å². The van der Waals surface area contributed by atoms with Crippen molar-refractivity contribution in [2.24, 2.45) is 11.8 Å². The number of fused-ring (bicyclic) bond motifs is 1. The van der Waals surface area contributed by atoms with Crippen LogP contribution in [-0.4, -0.2) is 103 Å². The SMILES string of the molecule is CCOC1CCCC1NC(=O)C1CC(C(O)N(c2ccc3c(c2)N(CCCOC)C(=O)C(C)(C)O3)C(C)C)CN(C(=O)OC(C)(C)C)C1. The van der Waals surface area contributed by atoms with Crippen LogP contribution in [-0.2, 0) is 23.8 Å². The highest BCUT2D eigenvalue weighted by molar-refractivity contribution is 6.02. The number of rotatable bonds is 12. The standard InChI is InChI=1S/C36H58N4O8/c1-10-46-29-14-11-13-27(29)37-31(41)24-19-25(22-38(21-24)34(44)48-35(4,5)6)32(42)40(23(2)3)26-15-16-30-28(20-26)39(17-12-18-45-9)33(43)36(7,8)47-30/h15-16,20,23-25,27,29,32,42H,10-14,17-19,21-22H2,1-9H3,(H,37,41). The number of amides is 3. The first kappa shape index (κ1) is 37.7. The monoisotopic (exact) mass is 674 g/mol. The Kier molecular flexibility index (Phi) is 12.3. The summed E-state index contributed by atoms with van der Waals surface area (Å²) in [6.45, 7) is 16.8. The van der Waals surface area contributed by atoms with E-state index in [4.69, 9.17) is 18.9 Å². The second-order valence-corrected chi connectivity index (χ2v) is 15.1. The molecule has 5 atom stereocenters. The van der Waals surface area contributed by atoms with Crippen molar-refractivity contribution in [2.75, 3.05) is 49.8 Å². The van der Waals surface area contributed by atoms with Gasteiger partial charge in [0.15, 0.2) is 5.60 Å². The third-order valence-corrected chi connectivity index (χ3v) is 9.32. The molecule has 270 valence electrons. The lowest BCUT2D eigenvalue weighted by Gasteiger charge is -2.45. The van der Waals surface area contributed by atoms with Gasteiger partial charge in [0.25, 0.3) is 5.91 Å². The van der Waals surface area contributed by atoms with E-state index >= 15 is 0 Å². The van der Waals surface area contributed by atoms with Crippen LogP contribution in [0.5, 0.6) is 5.75 Å². The Morgan fingerprint density at radius 1 is 1.19 bits per heavy atom. The van der Waals surface area contributed by atoms with Crippen LogP contribution in [0, 0.1) is 11.8 Å². The van der Waals surface area contributed by atoms with Crippen LogP contribution < -0.4 is 19.9 Å². The predicted molar refractivity (Wildman–Crippen MR) is 184 cm³/mol. The topological polar surface area (TPSA) is 130 Å². The molecule has 3 amide bonds. The molecule has 5 unspecified atom stereocenters. The highest BCUT2D eigenvalue weighted by atomic mass is 16.6. The van der Waals surface area contributed by atoms with Crippen LogP contribution in [0.25, 0.3) is 0 Å². The number of benzene rings is 1. The van der Waals surface area contributed by atoms with E-state index in [-0.39, 0.29) is 43.1 Å². The molecule has 2 N–H and O–H groups in total. The van der Waals surface area contributed by atoms with Gasteiger partial charge in [-0.25, -0.2) is 4.79 Å². The zero-order valence-electron chi connectivity index (χ0n) is 30.4.